The number of rotatable bonds is 9. The molecular weight excluding hydrogens is 270 g/mol. The van der Waals surface area contributed by atoms with Gasteiger partial charge in [0.2, 0.25) is 0 Å². The molecule has 6 heteroatoms. The Balaban J connectivity index is 0. The Morgan fingerprint density at radius 2 is 1.67 bits per heavy atom. The second-order valence-electron chi connectivity index (χ2n) is 3.29. The normalized spacial score (nSPS) is 11.1. The minimum absolute atomic E-state index is 0. The smallest absolute Gasteiger partial charge is 0.748 e. The second kappa shape index (κ2) is 11.0. The summed E-state index contributed by atoms with van der Waals surface area (Å²) in [5.74, 6) is -0.415. The number of hydrogen-bond acceptors (Lipinski definition) is 4. The van der Waals surface area contributed by atoms with Crippen molar-refractivity contribution in [3.63, 3.8) is 0 Å². The summed E-state index contributed by atoms with van der Waals surface area (Å²) in [5.41, 5.74) is 0. The van der Waals surface area contributed by atoms with Gasteiger partial charge in [-0.25, -0.2) is 8.42 Å². The standard InChI is InChI=1S/C9H20O4S.Zn/c1-2-3-4-5-6-7-13-8-9-14(10,11)12;/h2-9H2,1H3,(H,10,11,12);/q;+2/p-1. The van der Waals surface area contributed by atoms with E-state index in [0.717, 1.165) is 12.8 Å². The van der Waals surface area contributed by atoms with Gasteiger partial charge in [0.1, 0.15) is 0 Å². The minimum Gasteiger partial charge on any atom is -0.748 e. The summed E-state index contributed by atoms with van der Waals surface area (Å²) in [5, 5.41) is 0. The molecule has 0 bridgehead atoms. The number of hydrogen-bond donors (Lipinski definition) is 0. The van der Waals surface area contributed by atoms with Crippen LogP contribution in [-0.4, -0.2) is 31.9 Å². The van der Waals surface area contributed by atoms with E-state index in [2.05, 4.69) is 6.92 Å². The fourth-order valence-corrected chi connectivity index (χ4v) is 1.39. The van der Waals surface area contributed by atoms with E-state index in [1.54, 1.807) is 0 Å². The van der Waals surface area contributed by atoms with Crippen molar-refractivity contribution in [1.82, 2.24) is 0 Å². The Labute approximate surface area is 105 Å². The summed E-state index contributed by atoms with van der Waals surface area (Å²) >= 11 is 0. The molecule has 15 heavy (non-hydrogen) atoms. The van der Waals surface area contributed by atoms with E-state index in [1.807, 2.05) is 0 Å². The summed E-state index contributed by atoms with van der Waals surface area (Å²) in [4.78, 5) is 0. The van der Waals surface area contributed by atoms with E-state index in [4.69, 9.17) is 4.74 Å². The van der Waals surface area contributed by atoms with Crippen LogP contribution in [-0.2, 0) is 34.3 Å². The third kappa shape index (κ3) is 17.1. The Kier molecular flexibility index (Phi) is 13.1. The van der Waals surface area contributed by atoms with Crippen LogP contribution in [0.4, 0.5) is 0 Å². The molecule has 0 heterocycles. The van der Waals surface area contributed by atoms with Crippen molar-refractivity contribution in [2.75, 3.05) is 19.0 Å². The van der Waals surface area contributed by atoms with E-state index in [1.165, 1.54) is 19.3 Å². The molecule has 0 aromatic rings. The van der Waals surface area contributed by atoms with Crippen molar-refractivity contribution in [2.45, 2.75) is 39.0 Å². The maximum atomic E-state index is 10.2. The Morgan fingerprint density at radius 3 is 2.20 bits per heavy atom. The maximum Gasteiger partial charge on any atom is 2.00 e. The molecule has 0 aliphatic rings. The average molecular weight is 289 g/mol. The van der Waals surface area contributed by atoms with Crippen LogP contribution in [0.3, 0.4) is 0 Å². The summed E-state index contributed by atoms with van der Waals surface area (Å²) in [6.07, 6.45) is 5.68. The van der Waals surface area contributed by atoms with Gasteiger partial charge in [-0.15, -0.1) is 0 Å². The van der Waals surface area contributed by atoms with Crippen LogP contribution in [0.5, 0.6) is 0 Å². The van der Waals surface area contributed by atoms with Gasteiger partial charge in [0.05, 0.1) is 22.5 Å². The molecule has 0 rings (SSSR count). The largest absolute Gasteiger partial charge is 2.00 e. The molecule has 0 saturated heterocycles. The molecule has 0 spiro atoms. The van der Waals surface area contributed by atoms with Gasteiger partial charge in [-0.1, -0.05) is 32.6 Å². The first kappa shape index (κ1) is 17.9. The molecule has 0 aromatic heterocycles. The Hall–Kier alpha value is 0.493. The van der Waals surface area contributed by atoms with Crippen LogP contribution < -0.4 is 0 Å². The molecule has 0 atom stereocenters. The van der Waals surface area contributed by atoms with Gasteiger partial charge in [-0.05, 0) is 6.42 Å². The van der Waals surface area contributed by atoms with Gasteiger partial charge in [-0.3, -0.25) is 0 Å². The molecule has 0 fully saturated rings. The Morgan fingerprint density at radius 1 is 1.07 bits per heavy atom. The average Bonchev–Trinajstić information content (AvgIpc) is 2.08. The summed E-state index contributed by atoms with van der Waals surface area (Å²) in [6.45, 7) is 2.73. The fraction of sp³-hybridized carbons (Fsp3) is 1.00. The Bertz CT molecular complexity index is 216. The zero-order chi connectivity index (χ0) is 10.9. The molecule has 86 valence electrons. The molecule has 0 amide bonds. The van der Waals surface area contributed by atoms with Gasteiger partial charge >= 0.3 is 19.5 Å². The van der Waals surface area contributed by atoms with Crippen LogP contribution in [0.25, 0.3) is 0 Å². The molecule has 0 saturated carbocycles. The van der Waals surface area contributed by atoms with Crippen molar-refractivity contribution < 1.29 is 37.2 Å². The first-order chi connectivity index (χ1) is 6.56. The number of unbranched alkanes of at least 4 members (excludes halogenated alkanes) is 4. The van der Waals surface area contributed by atoms with Gasteiger partial charge < -0.3 is 9.29 Å². The zero-order valence-electron chi connectivity index (χ0n) is 9.41. The van der Waals surface area contributed by atoms with Crippen molar-refractivity contribution >= 4 is 10.1 Å². The first-order valence-electron chi connectivity index (χ1n) is 5.07. The van der Waals surface area contributed by atoms with Gasteiger partial charge in [0, 0.05) is 6.61 Å². The molecule has 0 aliphatic carbocycles. The van der Waals surface area contributed by atoms with Crippen LogP contribution in [0.15, 0.2) is 0 Å². The van der Waals surface area contributed by atoms with Crippen molar-refractivity contribution in [2.24, 2.45) is 0 Å². The van der Waals surface area contributed by atoms with Crippen LogP contribution in [0.2, 0.25) is 0 Å². The maximum absolute atomic E-state index is 10.2. The molecule has 0 unspecified atom stereocenters. The SMILES string of the molecule is CCCCCCCOCCS(=O)(=O)[O-].[Zn+2]. The predicted octanol–water partition coefficient (Wildman–Crippen LogP) is 1.52. The van der Waals surface area contributed by atoms with Gasteiger partial charge in [0.15, 0.2) is 0 Å². The number of ether oxygens (including phenoxy) is 1. The third-order valence-electron chi connectivity index (χ3n) is 1.87. The van der Waals surface area contributed by atoms with E-state index >= 15 is 0 Å². The molecule has 0 radical (unpaired) electrons. The van der Waals surface area contributed by atoms with Crippen molar-refractivity contribution in [3.05, 3.63) is 0 Å². The van der Waals surface area contributed by atoms with E-state index in [0.29, 0.717) is 6.61 Å². The summed E-state index contributed by atoms with van der Waals surface area (Å²) in [7, 11) is -4.10. The molecule has 0 aromatic carbocycles. The molecular formula is C9H19O4SZn+. The second-order valence-corrected chi connectivity index (χ2v) is 4.81. The predicted molar refractivity (Wildman–Crippen MR) is 54.1 cm³/mol. The van der Waals surface area contributed by atoms with Crippen molar-refractivity contribution in [1.29, 1.82) is 0 Å². The third-order valence-corrected chi connectivity index (χ3v) is 2.54. The van der Waals surface area contributed by atoms with Crippen molar-refractivity contribution in [3.8, 4) is 0 Å². The van der Waals surface area contributed by atoms with Crippen LogP contribution in [0.1, 0.15) is 39.0 Å². The topological polar surface area (TPSA) is 66.4 Å². The van der Waals surface area contributed by atoms with E-state index in [9.17, 15) is 13.0 Å². The van der Waals surface area contributed by atoms with E-state index < -0.39 is 15.9 Å². The fourth-order valence-electron chi connectivity index (χ4n) is 1.07. The minimum atomic E-state index is -4.10. The molecule has 4 nitrogen and oxygen atoms in total. The first-order valence-corrected chi connectivity index (χ1v) is 6.65. The van der Waals surface area contributed by atoms with Gasteiger partial charge in [-0.2, -0.15) is 0 Å². The quantitative estimate of drug-likeness (QED) is 0.366. The molecule has 0 aliphatic heterocycles. The monoisotopic (exact) mass is 287 g/mol. The summed E-state index contributed by atoms with van der Waals surface area (Å²) in [6, 6.07) is 0. The van der Waals surface area contributed by atoms with Gasteiger partial charge in [0.25, 0.3) is 0 Å². The zero-order valence-corrected chi connectivity index (χ0v) is 13.2. The molecule has 0 N–H and O–H groups in total. The van der Waals surface area contributed by atoms with Crippen LogP contribution in [0, 0.1) is 0 Å². The van der Waals surface area contributed by atoms with E-state index in [-0.39, 0.29) is 26.1 Å². The summed E-state index contributed by atoms with van der Waals surface area (Å²) < 4.78 is 35.5. The van der Waals surface area contributed by atoms with Crippen LogP contribution >= 0.6 is 0 Å².